The van der Waals surface area contributed by atoms with Crippen molar-refractivity contribution in [1.29, 1.82) is 0 Å². The summed E-state index contributed by atoms with van der Waals surface area (Å²) in [5, 5.41) is 9.98. The van der Waals surface area contributed by atoms with Crippen molar-refractivity contribution in [3.8, 4) is 11.4 Å². The third kappa shape index (κ3) is 6.05. The summed E-state index contributed by atoms with van der Waals surface area (Å²) in [5.74, 6) is 0.0768. The quantitative estimate of drug-likeness (QED) is 0.557. The van der Waals surface area contributed by atoms with Crippen LogP contribution in [0.5, 0.6) is 5.75 Å². The zero-order valence-corrected chi connectivity index (χ0v) is 18.3. The Balaban J connectivity index is 1.47. The lowest BCUT2D eigenvalue weighted by Gasteiger charge is -2.16. The molecule has 3 aromatic rings. The fraction of sp³-hybridized carbons (Fsp3) is 0.273. The van der Waals surface area contributed by atoms with Crippen LogP contribution in [-0.2, 0) is 9.59 Å². The van der Waals surface area contributed by atoms with Crippen LogP contribution in [0.4, 0.5) is 5.69 Å². The average Bonchev–Trinajstić information content (AvgIpc) is 3.28. The van der Waals surface area contributed by atoms with Crippen LogP contribution in [0.3, 0.4) is 0 Å². The third-order valence-corrected chi connectivity index (χ3v) is 4.96. The van der Waals surface area contributed by atoms with Crippen molar-refractivity contribution < 1.29 is 14.3 Å². The highest BCUT2D eigenvalue weighted by Gasteiger charge is 2.13. The molecule has 0 aliphatic rings. The zero-order chi connectivity index (χ0) is 22.4. The minimum absolute atomic E-state index is 0.163. The van der Waals surface area contributed by atoms with E-state index in [1.54, 1.807) is 35.3 Å². The van der Waals surface area contributed by atoms with Gasteiger partial charge >= 0.3 is 0 Å². The van der Waals surface area contributed by atoms with Gasteiger partial charge in [0.2, 0.25) is 5.91 Å². The zero-order valence-electron chi connectivity index (χ0n) is 17.6. The maximum Gasteiger partial charge on any atom is 0.258 e. The van der Waals surface area contributed by atoms with Gasteiger partial charge in [0, 0.05) is 10.7 Å². The van der Waals surface area contributed by atoms with Gasteiger partial charge in [-0.05, 0) is 60.4 Å². The molecule has 3 rings (SSSR count). The summed E-state index contributed by atoms with van der Waals surface area (Å²) in [4.78, 5) is 28.1. The first-order chi connectivity index (χ1) is 14.8. The number of amides is 2. The summed E-state index contributed by atoms with van der Waals surface area (Å²) in [7, 11) is 0. The Labute approximate surface area is 185 Å². The SMILES string of the molecule is Cc1cc(OCC(=O)NCC(=O)Nc2ccc(-n3cncn3)cc2)c(C(C)C)cc1Cl. The smallest absolute Gasteiger partial charge is 0.258 e. The molecule has 0 unspecified atom stereocenters. The number of aromatic nitrogens is 3. The first-order valence-electron chi connectivity index (χ1n) is 9.78. The van der Waals surface area contributed by atoms with Crippen LogP contribution >= 0.6 is 11.6 Å². The molecule has 0 aliphatic carbocycles. The van der Waals surface area contributed by atoms with E-state index in [1.807, 2.05) is 32.9 Å². The number of carbonyl (C=O) groups is 2. The van der Waals surface area contributed by atoms with Crippen molar-refractivity contribution in [2.45, 2.75) is 26.7 Å². The normalized spacial score (nSPS) is 10.7. The Bertz CT molecular complexity index is 1050. The molecule has 8 nitrogen and oxygen atoms in total. The van der Waals surface area contributed by atoms with Crippen molar-refractivity contribution in [2.75, 3.05) is 18.5 Å². The summed E-state index contributed by atoms with van der Waals surface area (Å²) in [6.45, 7) is 5.57. The van der Waals surface area contributed by atoms with Gasteiger partial charge in [-0.25, -0.2) is 9.67 Å². The predicted molar refractivity (Wildman–Crippen MR) is 119 cm³/mol. The monoisotopic (exact) mass is 441 g/mol. The second-order valence-corrected chi connectivity index (χ2v) is 7.70. The van der Waals surface area contributed by atoms with Gasteiger partial charge in [-0.2, -0.15) is 5.10 Å². The van der Waals surface area contributed by atoms with Gasteiger partial charge in [-0.1, -0.05) is 25.4 Å². The van der Waals surface area contributed by atoms with Crippen LogP contribution in [0.1, 0.15) is 30.9 Å². The molecule has 0 radical (unpaired) electrons. The molecule has 9 heteroatoms. The number of nitrogens with zero attached hydrogens (tertiary/aromatic N) is 3. The third-order valence-electron chi connectivity index (χ3n) is 4.55. The number of hydrogen-bond acceptors (Lipinski definition) is 5. The Morgan fingerprint density at radius 1 is 1.16 bits per heavy atom. The predicted octanol–water partition coefficient (Wildman–Crippen LogP) is 3.49. The van der Waals surface area contributed by atoms with E-state index in [0.717, 1.165) is 16.8 Å². The van der Waals surface area contributed by atoms with Gasteiger partial charge in [-0.15, -0.1) is 0 Å². The van der Waals surface area contributed by atoms with Crippen LogP contribution < -0.4 is 15.4 Å². The summed E-state index contributed by atoms with van der Waals surface area (Å²) in [5.41, 5.74) is 3.22. The van der Waals surface area contributed by atoms with E-state index in [0.29, 0.717) is 16.5 Å². The van der Waals surface area contributed by atoms with Crippen LogP contribution in [0.2, 0.25) is 5.02 Å². The largest absolute Gasteiger partial charge is 0.483 e. The molecule has 1 aromatic heterocycles. The van der Waals surface area contributed by atoms with Crippen LogP contribution in [0, 0.1) is 6.92 Å². The minimum atomic E-state index is -0.390. The Hall–Kier alpha value is -3.39. The van der Waals surface area contributed by atoms with Gasteiger partial charge in [0.25, 0.3) is 5.91 Å². The number of halogens is 1. The maximum absolute atomic E-state index is 12.1. The van der Waals surface area contributed by atoms with Gasteiger partial charge < -0.3 is 15.4 Å². The van der Waals surface area contributed by atoms with Crippen molar-refractivity contribution in [2.24, 2.45) is 0 Å². The highest BCUT2D eigenvalue weighted by Crippen LogP contribution is 2.31. The number of benzene rings is 2. The molecule has 0 saturated heterocycles. The van der Waals surface area contributed by atoms with E-state index in [1.165, 1.54) is 6.33 Å². The molecular formula is C22H24ClN5O3. The Morgan fingerprint density at radius 3 is 2.55 bits per heavy atom. The van der Waals surface area contributed by atoms with Crippen LogP contribution in [-0.4, -0.2) is 39.7 Å². The van der Waals surface area contributed by atoms with E-state index in [9.17, 15) is 9.59 Å². The first kappa shape index (κ1) is 22.3. The second kappa shape index (κ2) is 10.1. The molecular weight excluding hydrogens is 418 g/mol. The summed E-state index contributed by atoms with van der Waals surface area (Å²) in [6, 6.07) is 10.8. The molecule has 31 heavy (non-hydrogen) atoms. The highest BCUT2D eigenvalue weighted by molar-refractivity contribution is 6.31. The van der Waals surface area contributed by atoms with Gasteiger partial charge in [-0.3, -0.25) is 9.59 Å². The van der Waals surface area contributed by atoms with Crippen LogP contribution in [0.25, 0.3) is 5.69 Å². The topological polar surface area (TPSA) is 98.1 Å². The second-order valence-electron chi connectivity index (χ2n) is 7.29. The number of rotatable bonds is 8. The maximum atomic E-state index is 12.1. The molecule has 2 aromatic carbocycles. The molecule has 0 aliphatic heterocycles. The van der Waals surface area contributed by atoms with Gasteiger partial charge in [0.1, 0.15) is 18.4 Å². The van der Waals surface area contributed by atoms with Gasteiger partial charge in [0.15, 0.2) is 6.61 Å². The molecule has 2 N–H and O–H groups in total. The molecule has 2 amide bonds. The lowest BCUT2D eigenvalue weighted by Crippen LogP contribution is -2.35. The van der Waals surface area contributed by atoms with Gasteiger partial charge in [0.05, 0.1) is 12.2 Å². The average molecular weight is 442 g/mol. The number of nitrogens with one attached hydrogen (secondary N) is 2. The van der Waals surface area contributed by atoms with E-state index in [2.05, 4.69) is 20.7 Å². The number of anilines is 1. The molecule has 0 atom stereocenters. The van der Waals surface area contributed by atoms with Crippen molar-refractivity contribution >= 4 is 29.1 Å². The van der Waals surface area contributed by atoms with E-state index in [-0.39, 0.29) is 30.9 Å². The fourth-order valence-electron chi connectivity index (χ4n) is 2.86. The van der Waals surface area contributed by atoms with Crippen LogP contribution in [0.15, 0.2) is 49.1 Å². The highest BCUT2D eigenvalue weighted by atomic mass is 35.5. The summed E-state index contributed by atoms with van der Waals surface area (Å²) >= 11 is 6.19. The van der Waals surface area contributed by atoms with Crippen molar-refractivity contribution in [1.82, 2.24) is 20.1 Å². The lowest BCUT2D eigenvalue weighted by atomic mass is 10.0. The molecule has 162 valence electrons. The first-order valence-corrected chi connectivity index (χ1v) is 10.2. The number of carbonyl (C=O) groups excluding carboxylic acids is 2. The summed E-state index contributed by atoms with van der Waals surface area (Å²) in [6.07, 6.45) is 3.03. The number of ether oxygens (including phenoxy) is 1. The fourth-order valence-corrected chi connectivity index (χ4v) is 3.04. The molecule has 0 fully saturated rings. The van der Waals surface area contributed by atoms with Crippen molar-refractivity contribution in [3.05, 3.63) is 65.2 Å². The molecule has 0 bridgehead atoms. The lowest BCUT2D eigenvalue weighted by molar-refractivity contribution is -0.125. The molecule has 0 saturated carbocycles. The molecule has 0 spiro atoms. The Kier molecular flexibility index (Phi) is 7.25. The number of aryl methyl sites for hydroxylation is 1. The number of hydrogen-bond donors (Lipinski definition) is 2. The van der Waals surface area contributed by atoms with E-state index < -0.39 is 0 Å². The minimum Gasteiger partial charge on any atom is -0.483 e. The van der Waals surface area contributed by atoms with Crippen molar-refractivity contribution in [3.63, 3.8) is 0 Å². The summed E-state index contributed by atoms with van der Waals surface area (Å²) < 4.78 is 7.29. The standard InChI is InChI=1S/C22H24ClN5O3/c1-14(2)18-9-19(23)15(3)8-20(18)31-11-22(30)25-10-21(29)27-16-4-6-17(7-5-16)28-13-24-12-26-28/h4-9,12-14H,10-11H2,1-3H3,(H,25,30)(H,27,29). The molecule has 1 heterocycles. The Morgan fingerprint density at radius 2 is 1.90 bits per heavy atom. The van der Waals surface area contributed by atoms with E-state index in [4.69, 9.17) is 16.3 Å². The van der Waals surface area contributed by atoms with E-state index >= 15 is 0 Å².